The lowest BCUT2D eigenvalue weighted by Crippen LogP contribution is -2.39. The number of methoxy groups -OCH3 is 1. The van der Waals surface area contributed by atoms with E-state index in [-0.39, 0.29) is 5.54 Å². The first-order valence-corrected chi connectivity index (χ1v) is 7.14. The van der Waals surface area contributed by atoms with Gasteiger partial charge in [0.1, 0.15) is 5.75 Å². The maximum Gasteiger partial charge on any atom is 0.127 e. The zero-order valence-corrected chi connectivity index (χ0v) is 12.0. The van der Waals surface area contributed by atoms with Crippen LogP contribution in [0.4, 0.5) is 0 Å². The lowest BCUT2D eigenvalue weighted by molar-refractivity contribution is 0.288. The van der Waals surface area contributed by atoms with Crippen LogP contribution in [0.2, 0.25) is 5.02 Å². The molecule has 0 aromatic heterocycles. The molecule has 3 heteroatoms. The second-order valence-corrected chi connectivity index (χ2v) is 5.65. The molecule has 1 saturated carbocycles. The van der Waals surface area contributed by atoms with Crippen LogP contribution in [0.15, 0.2) is 12.1 Å². The van der Waals surface area contributed by atoms with Gasteiger partial charge in [-0.15, -0.1) is 0 Å². The molecule has 0 radical (unpaired) electrons. The first kappa shape index (κ1) is 13.7. The summed E-state index contributed by atoms with van der Waals surface area (Å²) in [5, 5.41) is 0.762. The fourth-order valence-electron chi connectivity index (χ4n) is 2.98. The average molecular weight is 268 g/mol. The van der Waals surface area contributed by atoms with Crippen LogP contribution in [0.5, 0.6) is 5.75 Å². The highest BCUT2D eigenvalue weighted by Crippen LogP contribution is 2.42. The van der Waals surface area contributed by atoms with Crippen molar-refractivity contribution in [1.82, 2.24) is 0 Å². The molecule has 1 aliphatic carbocycles. The van der Waals surface area contributed by atoms with Crippen LogP contribution in [0.3, 0.4) is 0 Å². The quantitative estimate of drug-likeness (QED) is 0.897. The van der Waals surface area contributed by atoms with Crippen LogP contribution in [0.25, 0.3) is 0 Å². The third kappa shape index (κ3) is 2.50. The molecule has 0 bridgehead atoms. The fourth-order valence-corrected chi connectivity index (χ4v) is 3.22. The van der Waals surface area contributed by atoms with E-state index in [1.165, 1.54) is 19.3 Å². The van der Waals surface area contributed by atoms with Gasteiger partial charge in [0.15, 0.2) is 0 Å². The summed E-state index contributed by atoms with van der Waals surface area (Å²) in [5.74, 6) is 0.936. The molecule has 0 amide bonds. The van der Waals surface area contributed by atoms with E-state index in [0.29, 0.717) is 0 Å². The first-order valence-electron chi connectivity index (χ1n) is 6.76. The van der Waals surface area contributed by atoms with Gasteiger partial charge < -0.3 is 10.5 Å². The standard InChI is InChI=1S/C15H22ClNO/c1-3-11-9-12(16)10-13(14(11)18-2)15(17)7-5-4-6-8-15/h9-10H,3-8,17H2,1-2H3. The summed E-state index contributed by atoms with van der Waals surface area (Å²) in [6.45, 7) is 2.11. The molecule has 0 aliphatic heterocycles. The molecule has 0 saturated heterocycles. The van der Waals surface area contributed by atoms with Gasteiger partial charge in [-0.1, -0.05) is 37.8 Å². The van der Waals surface area contributed by atoms with Crippen LogP contribution in [0.1, 0.15) is 50.2 Å². The lowest BCUT2D eigenvalue weighted by atomic mass is 9.76. The number of rotatable bonds is 3. The molecule has 0 atom stereocenters. The van der Waals surface area contributed by atoms with Crippen molar-refractivity contribution in [3.05, 3.63) is 28.3 Å². The molecule has 18 heavy (non-hydrogen) atoms. The summed E-state index contributed by atoms with van der Waals surface area (Å²) in [6.07, 6.45) is 6.61. The molecule has 1 aliphatic rings. The number of benzene rings is 1. The van der Waals surface area contributed by atoms with Gasteiger partial charge in [0.25, 0.3) is 0 Å². The van der Waals surface area contributed by atoms with Crippen LogP contribution in [-0.2, 0) is 12.0 Å². The van der Waals surface area contributed by atoms with E-state index >= 15 is 0 Å². The van der Waals surface area contributed by atoms with Crippen molar-refractivity contribution in [2.24, 2.45) is 5.73 Å². The Morgan fingerprint density at radius 1 is 1.28 bits per heavy atom. The summed E-state index contributed by atoms with van der Waals surface area (Å²) in [7, 11) is 1.72. The first-order chi connectivity index (χ1) is 8.60. The smallest absolute Gasteiger partial charge is 0.127 e. The molecule has 0 unspecified atom stereocenters. The summed E-state index contributed by atoms with van der Waals surface area (Å²) < 4.78 is 5.60. The minimum Gasteiger partial charge on any atom is -0.496 e. The normalized spacial score (nSPS) is 18.7. The molecular formula is C15H22ClNO. The topological polar surface area (TPSA) is 35.2 Å². The van der Waals surface area contributed by atoms with Crippen LogP contribution < -0.4 is 10.5 Å². The minimum atomic E-state index is -0.265. The Labute approximate surface area is 114 Å². The predicted octanol–water partition coefficient (Wildman–Crippen LogP) is 4.03. The number of nitrogens with two attached hydrogens (primary N) is 1. The highest BCUT2D eigenvalue weighted by molar-refractivity contribution is 6.30. The monoisotopic (exact) mass is 267 g/mol. The van der Waals surface area contributed by atoms with Crippen molar-refractivity contribution in [2.45, 2.75) is 51.0 Å². The van der Waals surface area contributed by atoms with Gasteiger partial charge in [-0.25, -0.2) is 0 Å². The van der Waals surface area contributed by atoms with Gasteiger partial charge in [0.2, 0.25) is 0 Å². The Bertz CT molecular complexity index is 425. The van der Waals surface area contributed by atoms with Crippen LogP contribution in [-0.4, -0.2) is 7.11 Å². The second kappa shape index (κ2) is 5.50. The van der Waals surface area contributed by atoms with E-state index in [2.05, 4.69) is 6.92 Å². The number of hydrogen-bond acceptors (Lipinski definition) is 2. The number of aryl methyl sites for hydroxylation is 1. The van der Waals surface area contributed by atoms with E-state index < -0.39 is 0 Å². The Morgan fingerprint density at radius 2 is 1.94 bits per heavy atom. The number of hydrogen-bond donors (Lipinski definition) is 1. The Morgan fingerprint density at radius 3 is 2.50 bits per heavy atom. The zero-order valence-electron chi connectivity index (χ0n) is 11.3. The predicted molar refractivity (Wildman–Crippen MR) is 76.3 cm³/mol. The molecular weight excluding hydrogens is 246 g/mol. The van der Waals surface area contributed by atoms with E-state index in [4.69, 9.17) is 22.1 Å². The lowest BCUT2D eigenvalue weighted by Gasteiger charge is -2.35. The highest BCUT2D eigenvalue weighted by atomic mass is 35.5. The van der Waals surface area contributed by atoms with E-state index in [1.807, 2.05) is 12.1 Å². The molecule has 2 rings (SSSR count). The SMILES string of the molecule is CCc1cc(Cl)cc(C2(N)CCCCC2)c1OC. The fraction of sp³-hybridized carbons (Fsp3) is 0.600. The maximum absolute atomic E-state index is 6.61. The third-order valence-corrected chi connectivity index (χ3v) is 4.22. The van der Waals surface area contributed by atoms with Crippen molar-refractivity contribution < 1.29 is 4.74 Å². The molecule has 0 spiro atoms. The third-order valence-electron chi connectivity index (χ3n) is 4.00. The molecule has 1 aromatic carbocycles. The Kier molecular flexibility index (Phi) is 4.18. The van der Waals surface area contributed by atoms with Crippen molar-refractivity contribution in [3.8, 4) is 5.75 Å². The minimum absolute atomic E-state index is 0.265. The molecule has 2 N–H and O–H groups in total. The molecule has 0 heterocycles. The van der Waals surface area contributed by atoms with Gasteiger partial charge in [0, 0.05) is 16.1 Å². The summed E-state index contributed by atoms with van der Waals surface area (Å²) in [6, 6.07) is 3.97. The van der Waals surface area contributed by atoms with Crippen molar-refractivity contribution in [3.63, 3.8) is 0 Å². The van der Waals surface area contributed by atoms with Gasteiger partial charge >= 0.3 is 0 Å². The number of halogens is 1. The molecule has 1 fully saturated rings. The van der Waals surface area contributed by atoms with E-state index in [0.717, 1.165) is 41.2 Å². The largest absolute Gasteiger partial charge is 0.496 e. The van der Waals surface area contributed by atoms with E-state index in [1.54, 1.807) is 7.11 Å². The summed E-state index contributed by atoms with van der Waals surface area (Å²) >= 11 is 6.23. The molecule has 2 nitrogen and oxygen atoms in total. The molecule has 1 aromatic rings. The van der Waals surface area contributed by atoms with Crippen molar-refractivity contribution >= 4 is 11.6 Å². The average Bonchev–Trinajstić information content (AvgIpc) is 2.38. The zero-order chi connectivity index (χ0) is 13.2. The van der Waals surface area contributed by atoms with Gasteiger partial charge in [-0.05, 0) is 37.0 Å². The summed E-state index contributed by atoms with van der Waals surface area (Å²) in [4.78, 5) is 0. The van der Waals surface area contributed by atoms with Gasteiger partial charge in [-0.2, -0.15) is 0 Å². The van der Waals surface area contributed by atoms with Crippen molar-refractivity contribution in [1.29, 1.82) is 0 Å². The Hall–Kier alpha value is -0.730. The number of ether oxygens (including phenoxy) is 1. The highest BCUT2D eigenvalue weighted by Gasteiger charge is 2.33. The maximum atomic E-state index is 6.61. The Balaban J connectivity index is 2.50. The molecule has 100 valence electrons. The van der Waals surface area contributed by atoms with Gasteiger partial charge in [0.05, 0.1) is 7.11 Å². The van der Waals surface area contributed by atoms with E-state index in [9.17, 15) is 0 Å². The van der Waals surface area contributed by atoms with Gasteiger partial charge in [-0.3, -0.25) is 0 Å². The van der Waals surface area contributed by atoms with Crippen LogP contribution in [0, 0.1) is 0 Å². The summed E-state index contributed by atoms with van der Waals surface area (Å²) in [5.41, 5.74) is 8.59. The van der Waals surface area contributed by atoms with Crippen LogP contribution >= 0.6 is 11.6 Å². The second-order valence-electron chi connectivity index (χ2n) is 5.22. The van der Waals surface area contributed by atoms with Crippen molar-refractivity contribution in [2.75, 3.05) is 7.11 Å².